The second-order valence-electron chi connectivity index (χ2n) is 6.68. The maximum atomic E-state index is 12.5. The molecule has 0 saturated carbocycles. The van der Waals surface area contributed by atoms with E-state index in [2.05, 4.69) is 5.32 Å². The van der Waals surface area contributed by atoms with Crippen molar-refractivity contribution in [2.24, 2.45) is 0 Å². The zero-order valence-electron chi connectivity index (χ0n) is 15.5. The minimum Gasteiger partial charge on any atom is -0.496 e. The Balaban J connectivity index is 1.67. The molecule has 1 aliphatic heterocycles. The van der Waals surface area contributed by atoms with Gasteiger partial charge in [-0.15, -0.1) is 0 Å². The standard InChI is InChI=1S/C21H24N2O4/c1-14(24)23-12-11-18(19(25)13-23)22-21(26)16-9-7-15(8-10-16)17-5-3-4-6-20(17)27-2/h3-10,18-19,25H,11-13H2,1-2H3,(H,22,26)/t18-,19-/m1/s1. The molecule has 2 aromatic rings. The lowest BCUT2D eigenvalue weighted by Crippen LogP contribution is -2.55. The number of carbonyl (C=O) groups is 2. The molecule has 2 amide bonds. The van der Waals surface area contributed by atoms with Crippen molar-refractivity contribution in [3.05, 3.63) is 54.1 Å². The molecule has 1 heterocycles. The lowest BCUT2D eigenvalue weighted by Gasteiger charge is -2.35. The molecule has 1 fully saturated rings. The molecule has 2 atom stereocenters. The van der Waals surface area contributed by atoms with E-state index in [9.17, 15) is 14.7 Å². The normalized spacial score (nSPS) is 19.4. The van der Waals surface area contributed by atoms with Crippen molar-refractivity contribution in [2.75, 3.05) is 20.2 Å². The van der Waals surface area contributed by atoms with Crippen molar-refractivity contribution >= 4 is 11.8 Å². The fourth-order valence-corrected chi connectivity index (χ4v) is 3.32. The van der Waals surface area contributed by atoms with Crippen LogP contribution in [0.1, 0.15) is 23.7 Å². The third kappa shape index (κ3) is 4.28. The van der Waals surface area contributed by atoms with Gasteiger partial charge in [0.2, 0.25) is 5.91 Å². The summed E-state index contributed by atoms with van der Waals surface area (Å²) in [5.74, 6) is 0.475. The van der Waals surface area contributed by atoms with Crippen LogP contribution < -0.4 is 10.1 Å². The predicted octanol–water partition coefficient (Wildman–Crippen LogP) is 2.07. The summed E-state index contributed by atoms with van der Waals surface area (Å²) in [6.45, 7) is 2.26. The number of ether oxygens (including phenoxy) is 1. The van der Waals surface area contributed by atoms with Crippen LogP contribution >= 0.6 is 0 Å². The molecule has 0 bridgehead atoms. The third-order valence-electron chi connectivity index (χ3n) is 4.91. The monoisotopic (exact) mass is 368 g/mol. The van der Waals surface area contributed by atoms with Gasteiger partial charge in [-0.2, -0.15) is 0 Å². The van der Waals surface area contributed by atoms with Gasteiger partial charge in [0.25, 0.3) is 5.91 Å². The number of aliphatic hydroxyl groups is 1. The Morgan fingerprint density at radius 2 is 1.85 bits per heavy atom. The quantitative estimate of drug-likeness (QED) is 0.866. The van der Waals surface area contributed by atoms with Gasteiger partial charge in [0.1, 0.15) is 5.75 Å². The number of rotatable bonds is 4. The largest absolute Gasteiger partial charge is 0.496 e. The molecule has 0 aliphatic carbocycles. The van der Waals surface area contributed by atoms with Crippen LogP contribution in [0.3, 0.4) is 0 Å². The lowest BCUT2D eigenvalue weighted by atomic mass is 10.00. The van der Waals surface area contributed by atoms with Crippen molar-refractivity contribution in [3.63, 3.8) is 0 Å². The topological polar surface area (TPSA) is 78.9 Å². The van der Waals surface area contributed by atoms with Gasteiger partial charge in [-0.1, -0.05) is 30.3 Å². The van der Waals surface area contributed by atoms with Gasteiger partial charge >= 0.3 is 0 Å². The number of likely N-dealkylation sites (tertiary alicyclic amines) is 1. The van der Waals surface area contributed by atoms with Crippen molar-refractivity contribution < 1.29 is 19.4 Å². The smallest absolute Gasteiger partial charge is 0.251 e. The van der Waals surface area contributed by atoms with Crippen molar-refractivity contribution in [3.8, 4) is 16.9 Å². The summed E-state index contributed by atoms with van der Waals surface area (Å²) in [6.07, 6.45) is -0.231. The molecule has 2 N–H and O–H groups in total. The number of hydrogen-bond donors (Lipinski definition) is 2. The van der Waals surface area contributed by atoms with Crippen molar-refractivity contribution in [1.82, 2.24) is 10.2 Å². The Hall–Kier alpha value is -2.86. The molecule has 3 rings (SSSR count). The number of benzene rings is 2. The third-order valence-corrected chi connectivity index (χ3v) is 4.91. The van der Waals surface area contributed by atoms with Gasteiger partial charge in [-0.3, -0.25) is 9.59 Å². The minimum absolute atomic E-state index is 0.0641. The summed E-state index contributed by atoms with van der Waals surface area (Å²) in [5, 5.41) is 13.1. The summed E-state index contributed by atoms with van der Waals surface area (Å²) in [4.78, 5) is 25.5. The van der Waals surface area contributed by atoms with E-state index in [4.69, 9.17) is 4.74 Å². The fraction of sp³-hybridized carbons (Fsp3) is 0.333. The Labute approximate surface area is 158 Å². The van der Waals surface area contributed by atoms with Gasteiger partial charge in [-0.25, -0.2) is 0 Å². The molecular formula is C21H24N2O4. The Kier molecular flexibility index (Phi) is 5.76. The van der Waals surface area contributed by atoms with Gasteiger partial charge in [0.15, 0.2) is 0 Å². The molecule has 6 heteroatoms. The number of β-amino-alcohol motifs (C(OH)–C–C–N with tert-alkyl or cyclic N) is 1. The number of nitrogens with one attached hydrogen (secondary N) is 1. The maximum Gasteiger partial charge on any atom is 0.251 e. The van der Waals surface area contributed by atoms with E-state index in [0.717, 1.165) is 16.9 Å². The molecule has 27 heavy (non-hydrogen) atoms. The first-order chi connectivity index (χ1) is 13.0. The second kappa shape index (κ2) is 8.22. The Morgan fingerprint density at radius 1 is 1.15 bits per heavy atom. The Morgan fingerprint density at radius 3 is 2.48 bits per heavy atom. The first-order valence-corrected chi connectivity index (χ1v) is 8.97. The molecule has 0 spiro atoms. The summed E-state index contributed by atoms with van der Waals surface area (Å²) in [6, 6.07) is 14.6. The van der Waals surface area contributed by atoms with Gasteiger partial charge < -0.3 is 20.1 Å². The number of para-hydroxylation sites is 1. The highest BCUT2D eigenvalue weighted by atomic mass is 16.5. The molecule has 0 radical (unpaired) electrons. The van der Waals surface area contributed by atoms with Crippen LogP contribution in [-0.4, -0.2) is 54.2 Å². The van der Waals surface area contributed by atoms with Crippen LogP contribution in [0, 0.1) is 0 Å². The highest BCUT2D eigenvalue weighted by Gasteiger charge is 2.30. The molecule has 0 aromatic heterocycles. The van der Waals surface area contributed by atoms with Crippen LogP contribution in [0.4, 0.5) is 0 Å². The van der Waals surface area contributed by atoms with E-state index in [1.807, 2.05) is 36.4 Å². The first-order valence-electron chi connectivity index (χ1n) is 8.97. The lowest BCUT2D eigenvalue weighted by molar-refractivity contribution is -0.132. The molecule has 2 aromatic carbocycles. The minimum atomic E-state index is -0.764. The number of aliphatic hydroxyl groups excluding tert-OH is 1. The highest BCUT2D eigenvalue weighted by Crippen LogP contribution is 2.29. The van der Waals surface area contributed by atoms with Gasteiger partial charge in [0.05, 0.1) is 19.3 Å². The molecule has 0 unspecified atom stereocenters. The predicted molar refractivity (Wildman–Crippen MR) is 103 cm³/mol. The highest BCUT2D eigenvalue weighted by molar-refractivity contribution is 5.95. The molecule has 1 saturated heterocycles. The van der Waals surface area contributed by atoms with E-state index < -0.39 is 6.10 Å². The van der Waals surface area contributed by atoms with Crippen LogP contribution in [0.15, 0.2) is 48.5 Å². The van der Waals surface area contributed by atoms with E-state index in [1.165, 1.54) is 6.92 Å². The first kappa shape index (κ1) is 18.9. The van der Waals surface area contributed by atoms with Crippen LogP contribution in [-0.2, 0) is 4.79 Å². The number of nitrogens with zero attached hydrogens (tertiary/aromatic N) is 1. The average Bonchev–Trinajstić information content (AvgIpc) is 2.69. The van der Waals surface area contributed by atoms with E-state index in [1.54, 1.807) is 24.1 Å². The molecule has 142 valence electrons. The average molecular weight is 368 g/mol. The molecule has 6 nitrogen and oxygen atoms in total. The summed E-state index contributed by atoms with van der Waals surface area (Å²) in [5.41, 5.74) is 2.44. The summed E-state index contributed by atoms with van der Waals surface area (Å²) < 4.78 is 5.38. The molecule has 1 aliphatic rings. The van der Waals surface area contributed by atoms with Crippen LogP contribution in [0.25, 0.3) is 11.1 Å². The second-order valence-corrected chi connectivity index (χ2v) is 6.68. The number of methoxy groups -OCH3 is 1. The zero-order valence-corrected chi connectivity index (χ0v) is 15.5. The zero-order chi connectivity index (χ0) is 19.4. The van der Waals surface area contributed by atoms with Crippen LogP contribution in [0.5, 0.6) is 5.75 Å². The van der Waals surface area contributed by atoms with Crippen molar-refractivity contribution in [2.45, 2.75) is 25.5 Å². The maximum absolute atomic E-state index is 12.5. The van der Waals surface area contributed by atoms with E-state index >= 15 is 0 Å². The Bertz CT molecular complexity index is 819. The molecular weight excluding hydrogens is 344 g/mol. The number of amides is 2. The van der Waals surface area contributed by atoms with E-state index in [-0.39, 0.29) is 24.4 Å². The number of hydrogen-bond acceptors (Lipinski definition) is 4. The number of carbonyl (C=O) groups excluding carboxylic acids is 2. The summed E-state index contributed by atoms with van der Waals surface area (Å²) in [7, 11) is 1.63. The van der Waals surface area contributed by atoms with E-state index in [0.29, 0.717) is 18.5 Å². The van der Waals surface area contributed by atoms with Gasteiger partial charge in [-0.05, 0) is 30.2 Å². The van der Waals surface area contributed by atoms with Crippen molar-refractivity contribution in [1.29, 1.82) is 0 Å². The SMILES string of the molecule is COc1ccccc1-c1ccc(C(=O)N[C@@H]2CCN(C(C)=O)C[C@H]2O)cc1. The number of piperidine rings is 1. The van der Waals surface area contributed by atoms with Crippen LogP contribution in [0.2, 0.25) is 0 Å². The fourth-order valence-electron chi connectivity index (χ4n) is 3.32. The van der Waals surface area contributed by atoms with Gasteiger partial charge in [0, 0.05) is 31.1 Å². The summed E-state index contributed by atoms with van der Waals surface area (Å²) >= 11 is 0.